The predicted octanol–water partition coefficient (Wildman–Crippen LogP) is 0.722. The number of benzene rings is 1. The first-order valence-electron chi connectivity index (χ1n) is 6.33. The van der Waals surface area contributed by atoms with E-state index in [0.29, 0.717) is 6.54 Å². The molecule has 1 aliphatic rings. The third kappa shape index (κ3) is 2.38. The molecule has 1 aromatic heterocycles. The Morgan fingerprint density at radius 1 is 1.44 bits per heavy atom. The van der Waals surface area contributed by atoms with Gasteiger partial charge in [0, 0.05) is 19.6 Å². The lowest BCUT2D eigenvalue weighted by molar-refractivity contribution is -0.0267. The third-order valence-corrected chi connectivity index (χ3v) is 3.30. The summed E-state index contributed by atoms with van der Waals surface area (Å²) in [5.41, 5.74) is 7.76. The molecule has 0 saturated carbocycles. The molecule has 1 aliphatic heterocycles. The minimum atomic E-state index is 0.156. The Balaban J connectivity index is 1.71. The molecule has 96 valence electrons. The average molecular weight is 246 g/mol. The van der Waals surface area contributed by atoms with Crippen LogP contribution in [0.4, 0.5) is 0 Å². The third-order valence-electron chi connectivity index (χ3n) is 3.30. The molecule has 0 radical (unpaired) electrons. The molecule has 0 spiro atoms. The fourth-order valence-electron chi connectivity index (χ4n) is 2.36. The number of para-hydroxylation sites is 2. The maximum atomic E-state index is 5.65. The number of nitrogens with one attached hydrogen (secondary N) is 1. The fraction of sp³-hybridized carbons (Fsp3) is 0.462. The van der Waals surface area contributed by atoms with Gasteiger partial charge in [-0.05, 0) is 12.1 Å². The van der Waals surface area contributed by atoms with E-state index < -0.39 is 0 Å². The molecule has 0 aliphatic carbocycles. The van der Waals surface area contributed by atoms with Crippen LogP contribution in [0.15, 0.2) is 24.3 Å². The monoisotopic (exact) mass is 246 g/mol. The van der Waals surface area contributed by atoms with Gasteiger partial charge in [-0.25, -0.2) is 4.98 Å². The molecule has 1 saturated heterocycles. The van der Waals surface area contributed by atoms with Crippen LogP contribution in [0.5, 0.6) is 0 Å². The molecule has 1 fully saturated rings. The van der Waals surface area contributed by atoms with E-state index in [4.69, 9.17) is 10.5 Å². The molecule has 1 atom stereocenters. The zero-order chi connectivity index (χ0) is 12.4. The molecule has 5 heteroatoms. The van der Waals surface area contributed by atoms with Crippen molar-refractivity contribution >= 4 is 11.0 Å². The highest BCUT2D eigenvalue weighted by molar-refractivity contribution is 5.74. The smallest absolute Gasteiger partial charge is 0.121 e. The van der Waals surface area contributed by atoms with Crippen LogP contribution in [0.25, 0.3) is 11.0 Å². The summed E-state index contributed by atoms with van der Waals surface area (Å²) in [5, 5.41) is 0. The SMILES string of the molecule is NCC1CN(Cc2nc3ccccc3[nH]2)CCO1. The zero-order valence-corrected chi connectivity index (χ0v) is 10.3. The number of morpholine rings is 1. The summed E-state index contributed by atoms with van der Waals surface area (Å²) in [5.74, 6) is 1.01. The molecular weight excluding hydrogens is 228 g/mol. The van der Waals surface area contributed by atoms with Crippen LogP contribution >= 0.6 is 0 Å². The Morgan fingerprint density at radius 3 is 3.17 bits per heavy atom. The Labute approximate surface area is 106 Å². The van der Waals surface area contributed by atoms with Crippen molar-refractivity contribution in [1.82, 2.24) is 14.9 Å². The predicted molar refractivity (Wildman–Crippen MR) is 70.2 cm³/mol. The molecular formula is C13H18N4O. The molecule has 0 amide bonds. The lowest BCUT2D eigenvalue weighted by Crippen LogP contribution is -2.45. The second kappa shape index (κ2) is 5.06. The minimum Gasteiger partial charge on any atom is -0.374 e. The van der Waals surface area contributed by atoms with Crippen molar-refractivity contribution in [3.8, 4) is 0 Å². The first-order chi connectivity index (χ1) is 8.85. The van der Waals surface area contributed by atoms with Crippen LogP contribution in [-0.4, -0.2) is 47.2 Å². The highest BCUT2D eigenvalue weighted by Gasteiger charge is 2.20. The second-order valence-electron chi connectivity index (χ2n) is 4.66. The van der Waals surface area contributed by atoms with Gasteiger partial charge in [0.1, 0.15) is 5.82 Å². The summed E-state index contributed by atoms with van der Waals surface area (Å²) in [6.07, 6.45) is 0.156. The lowest BCUT2D eigenvalue weighted by atomic mass is 10.2. The molecule has 1 unspecified atom stereocenters. The number of nitrogens with zero attached hydrogens (tertiary/aromatic N) is 2. The Hall–Kier alpha value is -1.43. The van der Waals surface area contributed by atoms with Crippen molar-refractivity contribution in [3.05, 3.63) is 30.1 Å². The molecule has 1 aromatic carbocycles. The van der Waals surface area contributed by atoms with E-state index in [1.807, 2.05) is 24.3 Å². The molecule has 5 nitrogen and oxygen atoms in total. The largest absolute Gasteiger partial charge is 0.374 e. The molecule has 3 N–H and O–H groups in total. The number of ether oxygens (including phenoxy) is 1. The molecule has 0 bridgehead atoms. The number of imidazole rings is 1. The highest BCUT2D eigenvalue weighted by atomic mass is 16.5. The lowest BCUT2D eigenvalue weighted by Gasteiger charge is -2.31. The quantitative estimate of drug-likeness (QED) is 0.837. The summed E-state index contributed by atoms with van der Waals surface area (Å²) < 4.78 is 5.56. The van der Waals surface area contributed by atoms with E-state index in [1.54, 1.807) is 0 Å². The van der Waals surface area contributed by atoms with Crippen LogP contribution in [-0.2, 0) is 11.3 Å². The molecule has 2 aromatic rings. The van der Waals surface area contributed by atoms with Crippen LogP contribution in [0, 0.1) is 0 Å². The van der Waals surface area contributed by atoms with Gasteiger partial charge in [0.05, 0.1) is 30.3 Å². The number of H-pyrrole nitrogens is 1. The number of rotatable bonds is 3. The van der Waals surface area contributed by atoms with Gasteiger partial charge in [-0.1, -0.05) is 12.1 Å². The standard InChI is InChI=1S/C13H18N4O/c14-7-10-8-17(5-6-18-10)9-13-15-11-3-1-2-4-12(11)16-13/h1-4,10H,5-9,14H2,(H,15,16). The zero-order valence-electron chi connectivity index (χ0n) is 10.3. The minimum absolute atomic E-state index is 0.156. The van der Waals surface area contributed by atoms with E-state index in [1.165, 1.54) is 0 Å². The van der Waals surface area contributed by atoms with Crippen LogP contribution < -0.4 is 5.73 Å². The van der Waals surface area contributed by atoms with Gasteiger partial charge in [0.15, 0.2) is 0 Å². The van der Waals surface area contributed by atoms with Gasteiger partial charge in [0.25, 0.3) is 0 Å². The van der Waals surface area contributed by atoms with Crippen LogP contribution in [0.2, 0.25) is 0 Å². The second-order valence-corrected chi connectivity index (χ2v) is 4.66. The van der Waals surface area contributed by atoms with Crippen LogP contribution in [0.1, 0.15) is 5.82 Å². The van der Waals surface area contributed by atoms with Crippen molar-refractivity contribution in [2.24, 2.45) is 5.73 Å². The van der Waals surface area contributed by atoms with Gasteiger partial charge >= 0.3 is 0 Å². The van der Waals surface area contributed by atoms with Gasteiger partial charge in [0.2, 0.25) is 0 Å². The Morgan fingerprint density at radius 2 is 2.33 bits per heavy atom. The van der Waals surface area contributed by atoms with Crippen molar-refractivity contribution in [1.29, 1.82) is 0 Å². The number of aromatic nitrogens is 2. The number of hydrogen-bond donors (Lipinski definition) is 2. The maximum absolute atomic E-state index is 5.65. The number of hydrogen-bond acceptors (Lipinski definition) is 4. The number of fused-ring (bicyclic) bond motifs is 1. The first-order valence-corrected chi connectivity index (χ1v) is 6.33. The number of nitrogens with two attached hydrogens (primary N) is 1. The van der Waals surface area contributed by atoms with Gasteiger partial charge in [-0.15, -0.1) is 0 Å². The average Bonchev–Trinajstić information content (AvgIpc) is 2.81. The molecule has 2 heterocycles. The Kier molecular flexibility index (Phi) is 3.27. The molecule has 18 heavy (non-hydrogen) atoms. The van der Waals surface area contributed by atoms with E-state index in [9.17, 15) is 0 Å². The first kappa shape index (κ1) is 11.6. The maximum Gasteiger partial charge on any atom is 0.121 e. The van der Waals surface area contributed by atoms with E-state index in [2.05, 4.69) is 14.9 Å². The summed E-state index contributed by atoms with van der Waals surface area (Å²) in [6.45, 7) is 3.98. The Bertz CT molecular complexity index is 491. The van der Waals surface area contributed by atoms with E-state index in [0.717, 1.165) is 43.1 Å². The summed E-state index contributed by atoms with van der Waals surface area (Å²) in [7, 11) is 0. The van der Waals surface area contributed by atoms with Gasteiger partial charge < -0.3 is 15.5 Å². The summed E-state index contributed by atoms with van der Waals surface area (Å²) in [6, 6.07) is 8.10. The summed E-state index contributed by atoms with van der Waals surface area (Å²) in [4.78, 5) is 10.3. The fourth-order valence-corrected chi connectivity index (χ4v) is 2.36. The van der Waals surface area contributed by atoms with Gasteiger partial charge in [-0.3, -0.25) is 4.90 Å². The molecule has 3 rings (SSSR count). The van der Waals surface area contributed by atoms with Crippen molar-refractivity contribution in [2.75, 3.05) is 26.2 Å². The number of aromatic amines is 1. The van der Waals surface area contributed by atoms with E-state index in [-0.39, 0.29) is 6.10 Å². The normalized spacial score (nSPS) is 21.5. The van der Waals surface area contributed by atoms with Crippen molar-refractivity contribution in [2.45, 2.75) is 12.6 Å². The van der Waals surface area contributed by atoms with Crippen molar-refractivity contribution < 1.29 is 4.74 Å². The highest BCUT2D eigenvalue weighted by Crippen LogP contribution is 2.13. The van der Waals surface area contributed by atoms with Gasteiger partial charge in [-0.2, -0.15) is 0 Å². The van der Waals surface area contributed by atoms with Crippen molar-refractivity contribution in [3.63, 3.8) is 0 Å². The topological polar surface area (TPSA) is 67.2 Å². The van der Waals surface area contributed by atoms with E-state index >= 15 is 0 Å². The summed E-state index contributed by atoms with van der Waals surface area (Å²) >= 11 is 0. The van der Waals surface area contributed by atoms with Crippen LogP contribution in [0.3, 0.4) is 0 Å².